The normalized spacial score (nSPS) is 19.3. The first kappa shape index (κ1) is 27.8. The van der Waals surface area contributed by atoms with Crippen molar-refractivity contribution in [2.75, 3.05) is 57.2 Å². The van der Waals surface area contributed by atoms with E-state index < -0.39 is 23.5 Å². The highest BCUT2D eigenvalue weighted by molar-refractivity contribution is 6.52. The lowest BCUT2D eigenvalue weighted by Crippen LogP contribution is -2.44. The average molecular weight is 583 g/mol. The molecule has 3 heterocycles. The van der Waals surface area contributed by atoms with Gasteiger partial charge in [-0.1, -0.05) is 29.3 Å². The Morgan fingerprint density at radius 1 is 0.975 bits per heavy atom. The Hall–Kier alpha value is -3.79. The monoisotopic (exact) mass is 582 g/mol. The van der Waals surface area contributed by atoms with Gasteiger partial charge in [0.05, 0.1) is 36.4 Å². The molecule has 0 radical (unpaired) electrons. The van der Waals surface area contributed by atoms with Crippen LogP contribution >= 0.6 is 23.2 Å². The van der Waals surface area contributed by atoms with Gasteiger partial charge in [0.15, 0.2) is 11.5 Å². The van der Waals surface area contributed by atoms with Crippen molar-refractivity contribution in [1.29, 1.82) is 0 Å². The summed E-state index contributed by atoms with van der Waals surface area (Å²) < 4.78 is 10.7. The van der Waals surface area contributed by atoms with Gasteiger partial charge in [0.25, 0.3) is 11.7 Å². The van der Waals surface area contributed by atoms with Crippen molar-refractivity contribution in [3.8, 4) is 11.5 Å². The third kappa shape index (κ3) is 4.85. The molecule has 2 saturated heterocycles. The van der Waals surface area contributed by atoms with Crippen molar-refractivity contribution < 1.29 is 24.2 Å². The first-order valence-corrected chi connectivity index (χ1v) is 13.4. The number of benzene rings is 2. The number of carbonyl (C=O) groups is 2. The van der Waals surface area contributed by atoms with Crippen LogP contribution in [-0.4, -0.2) is 74.1 Å². The van der Waals surface area contributed by atoms with Crippen LogP contribution in [0.2, 0.25) is 10.0 Å². The number of Topliss-reactive ketones (excluding diaryl/α,β-unsaturated/α-hetero) is 1. The molecule has 2 aromatic carbocycles. The van der Waals surface area contributed by atoms with E-state index in [4.69, 9.17) is 32.7 Å². The maximum absolute atomic E-state index is 13.6. The van der Waals surface area contributed by atoms with Gasteiger partial charge < -0.3 is 24.4 Å². The molecule has 0 aliphatic carbocycles. The number of rotatable bonds is 6. The van der Waals surface area contributed by atoms with Gasteiger partial charge in [-0.2, -0.15) is 0 Å². The quantitative estimate of drug-likeness (QED) is 0.252. The van der Waals surface area contributed by atoms with Crippen molar-refractivity contribution in [2.24, 2.45) is 0 Å². The van der Waals surface area contributed by atoms with Crippen LogP contribution in [0.4, 0.5) is 11.4 Å². The predicted molar refractivity (Wildman–Crippen MR) is 155 cm³/mol. The van der Waals surface area contributed by atoms with Gasteiger partial charge >= 0.3 is 0 Å². The van der Waals surface area contributed by atoms with Crippen molar-refractivity contribution >= 4 is 52.0 Å². The Morgan fingerprint density at radius 3 is 2.23 bits per heavy atom. The summed E-state index contributed by atoms with van der Waals surface area (Å²) in [5, 5.41) is 11.7. The lowest BCUT2D eigenvalue weighted by molar-refractivity contribution is -0.132. The first-order chi connectivity index (χ1) is 19.3. The zero-order valence-electron chi connectivity index (χ0n) is 22.2. The number of aliphatic hydroxyl groups excluding tert-OH is 1. The van der Waals surface area contributed by atoms with Crippen LogP contribution in [0.5, 0.6) is 11.5 Å². The van der Waals surface area contributed by atoms with Gasteiger partial charge in [-0.25, -0.2) is 0 Å². The molecule has 1 unspecified atom stereocenters. The fourth-order valence-corrected chi connectivity index (χ4v) is 5.82. The SMILES string of the molecule is COc1c(Cl)cc(/C(O)=C2\C(=O)C(=O)N(c3ccc(N4CCN(C)CC4)cc3)C2c2cccnc2)c(OC)c1Cl. The molecule has 2 aliphatic rings. The number of piperazine rings is 1. The molecule has 1 aromatic heterocycles. The zero-order chi connectivity index (χ0) is 28.6. The van der Waals surface area contributed by atoms with E-state index in [9.17, 15) is 14.7 Å². The minimum atomic E-state index is -0.965. The molecule has 2 aliphatic heterocycles. The number of pyridine rings is 1. The molecule has 5 rings (SSSR count). The van der Waals surface area contributed by atoms with Gasteiger partial charge in [0.2, 0.25) is 0 Å². The van der Waals surface area contributed by atoms with Crippen molar-refractivity contribution in [1.82, 2.24) is 9.88 Å². The summed E-state index contributed by atoms with van der Waals surface area (Å²) in [6.45, 7) is 3.70. The molecular weight excluding hydrogens is 555 g/mol. The van der Waals surface area contributed by atoms with Gasteiger partial charge in [-0.05, 0) is 49.0 Å². The minimum Gasteiger partial charge on any atom is -0.507 e. The molecule has 0 spiro atoms. The standard InChI is InChI=1S/C29H28Cl2N4O5/c1-33-11-13-34(14-12-33)18-6-8-19(9-7-18)35-24(17-5-4-10-32-16-17)22(26(37)29(35)38)25(36)20-15-21(30)28(40-3)23(31)27(20)39-2/h4-10,15-16,24,36H,11-14H2,1-3H3/b25-22+. The van der Waals surface area contributed by atoms with Crippen LogP contribution in [0.15, 0.2) is 60.4 Å². The maximum atomic E-state index is 13.6. The summed E-state index contributed by atoms with van der Waals surface area (Å²) in [6.07, 6.45) is 3.15. The second-order valence-corrected chi connectivity index (χ2v) is 10.3. The van der Waals surface area contributed by atoms with Crippen molar-refractivity contribution in [3.63, 3.8) is 0 Å². The number of nitrogens with zero attached hydrogens (tertiary/aromatic N) is 4. The van der Waals surface area contributed by atoms with E-state index in [1.807, 2.05) is 24.3 Å². The number of ether oxygens (including phenoxy) is 2. The molecule has 0 bridgehead atoms. The third-order valence-electron chi connectivity index (χ3n) is 7.24. The Morgan fingerprint density at radius 2 is 1.62 bits per heavy atom. The Labute approximate surface area is 242 Å². The Bertz CT molecular complexity index is 1470. The molecule has 3 aromatic rings. The predicted octanol–water partition coefficient (Wildman–Crippen LogP) is 4.78. The molecule has 2 fully saturated rings. The van der Waals surface area contributed by atoms with E-state index in [-0.39, 0.29) is 32.7 Å². The topological polar surface area (TPSA) is 95.4 Å². The molecule has 1 N–H and O–H groups in total. The number of methoxy groups -OCH3 is 2. The second kappa shape index (κ2) is 11.4. The van der Waals surface area contributed by atoms with Crippen molar-refractivity contribution in [2.45, 2.75) is 6.04 Å². The minimum absolute atomic E-state index is 0.0192. The summed E-state index contributed by atoms with van der Waals surface area (Å²) in [4.78, 5) is 37.2. The fourth-order valence-electron chi connectivity index (χ4n) is 5.13. The maximum Gasteiger partial charge on any atom is 0.300 e. The molecule has 0 saturated carbocycles. The van der Waals surface area contributed by atoms with Gasteiger partial charge in [0, 0.05) is 49.9 Å². The highest BCUT2D eigenvalue weighted by Gasteiger charge is 2.47. The number of hydrogen-bond donors (Lipinski definition) is 1. The summed E-state index contributed by atoms with van der Waals surface area (Å²) in [6, 6.07) is 11.4. The summed E-state index contributed by atoms with van der Waals surface area (Å²) in [7, 11) is 4.86. The van der Waals surface area contributed by atoms with E-state index in [2.05, 4.69) is 21.8 Å². The number of ketones is 1. The van der Waals surface area contributed by atoms with Crippen molar-refractivity contribution in [3.05, 3.63) is 81.6 Å². The molecule has 11 heteroatoms. The fraction of sp³-hybridized carbons (Fsp3) is 0.276. The Balaban J connectivity index is 1.63. The van der Waals surface area contributed by atoms with E-state index in [0.29, 0.717) is 11.3 Å². The Kier molecular flexibility index (Phi) is 7.89. The molecule has 1 atom stereocenters. The highest BCUT2D eigenvalue weighted by Crippen LogP contribution is 2.48. The molecule has 9 nitrogen and oxygen atoms in total. The van der Waals surface area contributed by atoms with Crippen LogP contribution in [-0.2, 0) is 9.59 Å². The average Bonchev–Trinajstić information content (AvgIpc) is 3.23. The van der Waals surface area contributed by atoms with Crippen LogP contribution in [0.1, 0.15) is 17.2 Å². The van der Waals surface area contributed by atoms with Gasteiger partial charge in [-0.3, -0.25) is 19.5 Å². The third-order valence-corrected chi connectivity index (χ3v) is 7.86. The van der Waals surface area contributed by atoms with Crippen LogP contribution in [0.25, 0.3) is 5.76 Å². The second-order valence-electron chi connectivity index (χ2n) is 9.55. The van der Waals surface area contributed by atoms with Crippen LogP contribution < -0.4 is 19.3 Å². The zero-order valence-corrected chi connectivity index (χ0v) is 23.7. The van der Waals surface area contributed by atoms with Gasteiger partial charge in [-0.15, -0.1) is 0 Å². The largest absolute Gasteiger partial charge is 0.507 e. The number of likely N-dealkylation sites (N-methyl/N-ethyl adjacent to an activating group) is 1. The summed E-state index contributed by atoms with van der Waals surface area (Å²) >= 11 is 12.8. The molecule has 1 amide bonds. The highest BCUT2D eigenvalue weighted by atomic mass is 35.5. The van der Waals surface area contributed by atoms with E-state index >= 15 is 0 Å². The van der Waals surface area contributed by atoms with Crippen LogP contribution in [0, 0.1) is 0 Å². The number of aromatic nitrogens is 1. The number of aliphatic hydroxyl groups is 1. The lowest BCUT2D eigenvalue weighted by Gasteiger charge is -2.34. The lowest BCUT2D eigenvalue weighted by atomic mass is 9.95. The number of anilines is 2. The van der Waals surface area contributed by atoms with Crippen LogP contribution in [0.3, 0.4) is 0 Å². The summed E-state index contributed by atoms with van der Waals surface area (Å²) in [5.41, 5.74) is 1.98. The number of hydrogen-bond acceptors (Lipinski definition) is 8. The van der Waals surface area contributed by atoms with Gasteiger partial charge in [0.1, 0.15) is 10.8 Å². The number of carbonyl (C=O) groups excluding carboxylic acids is 2. The molecular formula is C29H28Cl2N4O5. The summed E-state index contributed by atoms with van der Waals surface area (Å²) in [5.74, 6) is -1.92. The van der Waals surface area contributed by atoms with E-state index in [1.54, 1.807) is 24.5 Å². The number of halogens is 2. The molecule has 40 heavy (non-hydrogen) atoms. The van der Waals surface area contributed by atoms with E-state index in [1.165, 1.54) is 25.2 Å². The first-order valence-electron chi connectivity index (χ1n) is 12.6. The number of amides is 1. The smallest absolute Gasteiger partial charge is 0.300 e. The molecule has 208 valence electrons. The van der Waals surface area contributed by atoms with E-state index in [0.717, 1.165) is 31.9 Å².